The Morgan fingerprint density at radius 3 is 2.77 bits per heavy atom. The highest BCUT2D eigenvalue weighted by atomic mass is 16.6. The second-order valence-corrected chi connectivity index (χ2v) is 5.50. The lowest BCUT2D eigenvalue weighted by atomic mass is 9.83. The molecule has 0 aromatic rings. The summed E-state index contributed by atoms with van der Waals surface area (Å²) in [5.74, 6) is 3.41. The second-order valence-electron chi connectivity index (χ2n) is 5.50. The second kappa shape index (κ2) is 2.12. The summed E-state index contributed by atoms with van der Waals surface area (Å²) in [6, 6.07) is 0. The first-order valence-electron chi connectivity index (χ1n) is 5.66. The molecule has 3 saturated carbocycles. The third kappa shape index (κ3) is 0.816. The Morgan fingerprint density at radius 2 is 1.85 bits per heavy atom. The van der Waals surface area contributed by atoms with Crippen LogP contribution in [0.25, 0.3) is 0 Å². The Hall–Kier alpha value is -0.0800. The van der Waals surface area contributed by atoms with Gasteiger partial charge in [0, 0.05) is 0 Å². The highest BCUT2D eigenvalue weighted by Crippen LogP contribution is 2.62. The van der Waals surface area contributed by atoms with E-state index in [-0.39, 0.29) is 6.10 Å². The summed E-state index contributed by atoms with van der Waals surface area (Å²) >= 11 is 0. The predicted octanol–water partition coefficient (Wildman–Crippen LogP) is 1.18. The number of fused-ring (bicyclic) bond motifs is 7. The first kappa shape index (κ1) is 7.24. The van der Waals surface area contributed by atoms with E-state index in [1.165, 1.54) is 12.8 Å². The van der Waals surface area contributed by atoms with Crippen LogP contribution in [0.2, 0.25) is 0 Å². The minimum atomic E-state index is 0.00606. The largest absolute Gasteiger partial charge is 0.393 e. The molecule has 1 aliphatic heterocycles. The van der Waals surface area contributed by atoms with Crippen LogP contribution in [0.4, 0.5) is 0 Å². The molecule has 0 amide bonds. The summed E-state index contributed by atoms with van der Waals surface area (Å²) in [7, 11) is 0. The summed E-state index contributed by atoms with van der Waals surface area (Å²) in [5.41, 5.74) is 0. The van der Waals surface area contributed by atoms with Crippen LogP contribution in [0.1, 0.15) is 25.7 Å². The lowest BCUT2D eigenvalue weighted by Gasteiger charge is -2.25. The number of epoxide rings is 1. The first-order chi connectivity index (χ1) is 6.33. The molecule has 0 aromatic carbocycles. The van der Waals surface area contributed by atoms with E-state index < -0.39 is 0 Å². The molecule has 0 spiro atoms. The fourth-order valence-electron chi connectivity index (χ4n) is 4.52. The molecule has 7 atom stereocenters. The lowest BCUT2D eigenvalue weighted by Crippen LogP contribution is -2.23. The van der Waals surface area contributed by atoms with E-state index >= 15 is 0 Å². The van der Waals surface area contributed by atoms with Gasteiger partial charge in [0.25, 0.3) is 0 Å². The van der Waals surface area contributed by atoms with Crippen molar-refractivity contribution in [3.8, 4) is 0 Å². The third-order valence-corrected chi connectivity index (χ3v) is 4.90. The molecule has 1 heterocycles. The smallest absolute Gasteiger partial charge is 0.0875 e. The van der Waals surface area contributed by atoms with Crippen LogP contribution in [0.15, 0.2) is 0 Å². The zero-order valence-electron chi connectivity index (χ0n) is 7.73. The molecular formula is C11H16O2. The van der Waals surface area contributed by atoms with Crippen LogP contribution >= 0.6 is 0 Å². The predicted molar refractivity (Wildman–Crippen MR) is 47.1 cm³/mol. The highest BCUT2D eigenvalue weighted by Gasteiger charge is 2.63. The SMILES string of the molecule is OC1CC2CC(C1)C1C2CC2OC21. The molecule has 1 N–H and O–H groups in total. The van der Waals surface area contributed by atoms with Crippen LogP contribution in [0, 0.1) is 23.7 Å². The molecule has 1 saturated heterocycles. The molecule has 7 unspecified atom stereocenters. The van der Waals surface area contributed by atoms with E-state index in [1.54, 1.807) is 0 Å². The Labute approximate surface area is 78.3 Å². The molecule has 0 radical (unpaired) electrons. The number of hydrogen-bond acceptors (Lipinski definition) is 2. The number of aliphatic hydroxyl groups excluding tert-OH is 1. The normalized spacial score (nSPS) is 67.6. The fraction of sp³-hybridized carbons (Fsp3) is 1.00. The maximum Gasteiger partial charge on any atom is 0.0875 e. The van der Waals surface area contributed by atoms with E-state index in [2.05, 4.69) is 0 Å². The van der Waals surface area contributed by atoms with Gasteiger partial charge in [-0.05, 0) is 49.4 Å². The van der Waals surface area contributed by atoms with Gasteiger partial charge in [0.2, 0.25) is 0 Å². The number of ether oxygens (including phenoxy) is 1. The molecule has 4 rings (SSSR count). The van der Waals surface area contributed by atoms with E-state index in [0.29, 0.717) is 12.2 Å². The van der Waals surface area contributed by atoms with Crippen molar-refractivity contribution in [2.75, 3.05) is 0 Å². The zero-order chi connectivity index (χ0) is 8.58. The zero-order valence-corrected chi connectivity index (χ0v) is 7.73. The van der Waals surface area contributed by atoms with Gasteiger partial charge in [-0.25, -0.2) is 0 Å². The minimum Gasteiger partial charge on any atom is -0.393 e. The van der Waals surface area contributed by atoms with Crippen LogP contribution < -0.4 is 0 Å². The molecule has 2 bridgehead atoms. The number of rotatable bonds is 0. The Morgan fingerprint density at radius 1 is 1.00 bits per heavy atom. The highest BCUT2D eigenvalue weighted by molar-refractivity contribution is 5.11. The molecule has 0 aromatic heterocycles. The van der Waals surface area contributed by atoms with Crippen molar-refractivity contribution < 1.29 is 9.84 Å². The van der Waals surface area contributed by atoms with Crippen molar-refractivity contribution >= 4 is 0 Å². The van der Waals surface area contributed by atoms with Gasteiger partial charge in [-0.1, -0.05) is 0 Å². The van der Waals surface area contributed by atoms with Gasteiger partial charge in [-0.15, -0.1) is 0 Å². The van der Waals surface area contributed by atoms with Gasteiger partial charge in [-0.2, -0.15) is 0 Å². The Bertz CT molecular complexity index is 250. The summed E-state index contributed by atoms with van der Waals surface area (Å²) in [4.78, 5) is 0. The maximum atomic E-state index is 9.70. The van der Waals surface area contributed by atoms with Crippen molar-refractivity contribution in [2.24, 2.45) is 23.7 Å². The van der Waals surface area contributed by atoms with Gasteiger partial charge >= 0.3 is 0 Å². The molecule has 4 aliphatic rings. The van der Waals surface area contributed by atoms with Crippen LogP contribution in [-0.4, -0.2) is 23.4 Å². The standard InChI is InChI=1S/C11H16O2/c12-7-2-5-1-6(3-7)10-8(5)4-9-11(10)13-9/h5-12H,1-4H2. The van der Waals surface area contributed by atoms with Crippen molar-refractivity contribution in [1.82, 2.24) is 0 Å². The Kier molecular flexibility index (Phi) is 1.18. The molecule has 13 heavy (non-hydrogen) atoms. The molecule has 2 heteroatoms. The summed E-state index contributed by atoms with van der Waals surface area (Å²) in [6.45, 7) is 0. The summed E-state index contributed by atoms with van der Waals surface area (Å²) < 4.78 is 5.63. The summed E-state index contributed by atoms with van der Waals surface area (Å²) in [5, 5.41) is 9.70. The molecular weight excluding hydrogens is 164 g/mol. The average Bonchev–Trinajstić information content (AvgIpc) is 2.67. The number of hydrogen-bond donors (Lipinski definition) is 1. The van der Waals surface area contributed by atoms with Gasteiger partial charge in [0.05, 0.1) is 18.3 Å². The topological polar surface area (TPSA) is 32.8 Å². The van der Waals surface area contributed by atoms with Crippen LogP contribution in [0.5, 0.6) is 0 Å². The minimum absolute atomic E-state index is 0.00606. The van der Waals surface area contributed by atoms with E-state index in [1.807, 2.05) is 0 Å². The van der Waals surface area contributed by atoms with Crippen molar-refractivity contribution in [1.29, 1.82) is 0 Å². The third-order valence-electron chi connectivity index (χ3n) is 4.90. The van der Waals surface area contributed by atoms with E-state index in [9.17, 15) is 5.11 Å². The van der Waals surface area contributed by atoms with E-state index in [4.69, 9.17) is 4.74 Å². The maximum absolute atomic E-state index is 9.70. The van der Waals surface area contributed by atoms with Crippen molar-refractivity contribution in [3.63, 3.8) is 0 Å². The molecule has 4 fully saturated rings. The quantitative estimate of drug-likeness (QED) is 0.568. The molecule has 2 nitrogen and oxygen atoms in total. The van der Waals surface area contributed by atoms with Gasteiger partial charge in [-0.3, -0.25) is 0 Å². The molecule has 72 valence electrons. The Balaban J connectivity index is 1.69. The van der Waals surface area contributed by atoms with E-state index in [0.717, 1.165) is 36.5 Å². The molecule has 3 aliphatic carbocycles. The van der Waals surface area contributed by atoms with Gasteiger partial charge in [0.15, 0.2) is 0 Å². The fourth-order valence-corrected chi connectivity index (χ4v) is 4.52. The van der Waals surface area contributed by atoms with Crippen molar-refractivity contribution in [2.45, 2.75) is 44.0 Å². The van der Waals surface area contributed by atoms with Crippen LogP contribution in [0.3, 0.4) is 0 Å². The average molecular weight is 180 g/mol. The lowest BCUT2D eigenvalue weighted by molar-refractivity contribution is 0.0876. The number of aliphatic hydroxyl groups is 1. The summed E-state index contributed by atoms with van der Waals surface area (Å²) in [6.07, 6.45) is 6.09. The van der Waals surface area contributed by atoms with Gasteiger partial charge < -0.3 is 9.84 Å². The first-order valence-corrected chi connectivity index (χ1v) is 5.66. The van der Waals surface area contributed by atoms with Gasteiger partial charge in [0.1, 0.15) is 0 Å². The van der Waals surface area contributed by atoms with Crippen molar-refractivity contribution in [3.05, 3.63) is 0 Å². The monoisotopic (exact) mass is 180 g/mol. The van der Waals surface area contributed by atoms with Crippen LogP contribution in [-0.2, 0) is 4.74 Å².